The van der Waals surface area contributed by atoms with Crippen LogP contribution in [-0.2, 0) is 81.2 Å². The van der Waals surface area contributed by atoms with Crippen molar-refractivity contribution in [2.45, 2.75) is 55.8 Å². The second-order valence-electron chi connectivity index (χ2n) is 12.0. The summed E-state index contributed by atoms with van der Waals surface area (Å²) in [5.74, 6) is -7.84. The van der Waals surface area contributed by atoms with Gasteiger partial charge in [-0.05, 0) is 12.2 Å². The third-order valence-corrected chi connectivity index (χ3v) is 8.97. The van der Waals surface area contributed by atoms with Crippen molar-refractivity contribution in [3.63, 3.8) is 0 Å². The molecule has 0 amide bonds. The fraction of sp³-hybridized carbons (Fsp3) is 0.421. The van der Waals surface area contributed by atoms with E-state index in [4.69, 9.17) is 57.2 Å². The molecule has 61 heavy (non-hydrogen) atoms. The minimum atomic E-state index is -1.24. The van der Waals surface area contributed by atoms with E-state index in [0.717, 1.165) is 0 Å². The predicted molar refractivity (Wildman–Crippen MR) is 177 cm³/mol. The van der Waals surface area contributed by atoms with E-state index in [1.807, 2.05) is 6.92 Å². The van der Waals surface area contributed by atoms with Crippen LogP contribution in [0.3, 0.4) is 0 Å². The molecule has 0 aromatic carbocycles. The molecule has 5 aliphatic rings. The molecule has 0 spiro atoms. The summed E-state index contributed by atoms with van der Waals surface area (Å²) in [5.41, 5.74) is 0. The Labute approximate surface area is 439 Å². The summed E-state index contributed by atoms with van der Waals surface area (Å²) in [6, 6.07) is 0. The molecule has 5 fully saturated rings. The second kappa shape index (κ2) is 34.4. The van der Waals surface area contributed by atoms with Gasteiger partial charge in [0.2, 0.25) is 0 Å². The number of carboxylic acids is 2. The van der Waals surface area contributed by atoms with Crippen molar-refractivity contribution in [2.75, 3.05) is 7.11 Å². The third-order valence-electron chi connectivity index (χ3n) is 8.97. The molecule has 0 radical (unpaired) electrons. The summed E-state index contributed by atoms with van der Waals surface area (Å²) in [7, 11) is 1.33. The number of ether oxygens (including phenoxy) is 6. The summed E-state index contributed by atoms with van der Waals surface area (Å²) < 4.78 is 32.2. The van der Waals surface area contributed by atoms with Gasteiger partial charge < -0.3 is 48.2 Å². The van der Waals surface area contributed by atoms with Crippen molar-refractivity contribution in [3.05, 3.63) is 87.8 Å². The molecule has 23 heteroatoms. The number of fused-ring (bicyclic) bond motifs is 1. The van der Waals surface area contributed by atoms with Gasteiger partial charge in [0.1, 0.15) is 11.8 Å². The van der Waals surface area contributed by atoms with Crippen LogP contribution in [0, 0.1) is 48.3 Å². The van der Waals surface area contributed by atoms with E-state index in [1.165, 1.54) is 44.3 Å². The first kappa shape index (κ1) is 65.6. The Balaban J connectivity index is -0.000000426. The van der Waals surface area contributed by atoms with Crippen LogP contribution in [0.25, 0.3) is 0 Å². The maximum atomic E-state index is 12.1. The van der Waals surface area contributed by atoms with Crippen molar-refractivity contribution in [1.82, 2.24) is 0 Å². The summed E-state index contributed by atoms with van der Waals surface area (Å²) in [4.78, 5) is 107. The largest absolute Gasteiger partial charge is 1.00 e. The van der Waals surface area contributed by atoms with Gasteiger partial charge in [0, 0.05) is 17.9 Å². The normalized spacial score (nSPS) is 32.0. The van der Waals surface area contributed by atoms with Gasteiger partial charge in [0.15, 0.2) is 0 Å². The van der Waals surface area contributed by atoms with E-state index in [9.17, 15) is 34.2 Å². The van der Waals surface area contributed by atoms with E-state index in [-0.39, 0.29) is 155 Å². The van der Waals surface area contributed by atoms with Gasteiger partial charge >= 0.3 is 155 Å². The Morgan fingerprint density at radius 3 is 1.41 bits per heavy atom. The van der Waals surface area contributed by atoms with Crippen molar-refractivity contribution in [3.8, 4) is 0 Å². The topological polar surface area (TPSA) is 289 Å². The Hall–Kier alpha value is -2.03. The van der Waals surface area contributed by atoms with E-state index in [0.29, 0.717) is 0 Å². The molecule has 5 heterocycles. The first-order valence-electron chi connectivity index (χ1n) is 16.5. The number of cyclic esters (lactones) is 2. The SMILES string of the molecule is C=CC1OC(/C=C\C2OC(C=C)C3C(=O)OC(=O)C23)C(C(=O)OC)C1C.C=CC1[CH-]C(C(=O)[O-])C(/C=C\C2[CH-]C(C(=O)[O-])C(C=C)O2)O1.O=C=O.O=C=O.O=C=O.[Na+].[Na+].[Na+].[Na+]. The number of rotatable bonds is 11. The van der Waals surface area contributed by atoms with E-state index >= 15 is 0 Å². The number of hydrogen-bond acceptors (Lipinski definition) is 19. The minimum absolute atomic E-state index is 0. The van der Waals surface area contributed by atoms with Crippen molar-refractivity contribution in [2.24, 2.45) is 35.5 Å². The number of methoxy groups -OCH3 is 1. The molecule has 5 rings (SSSR count). The Bertz CT molecular complexity index is 1640. The van der Waals surface area contributed by atoms with E-state index < -0.39 is 96.2 Å². The van der Waals surface area contributed by atoms with Crippen LogP contribution in [0.1, 0.15) is 6.92 Å². The van der Waals surface area contributed by atoms with Crippen LogP contribution in [0.4, 0.5) is 0 Å². The van der Waals surface area contributed by atoms with Gasteiger partial charge in [-0.25, -0.2) is 0 Å². The van der Waals surface area contributed by atoms with Crippen LogP contribution >= 0.6 is 0 Å². The minimum Gasteiger partial charge on any atom is -0.553 e. The zero-order valence-electron chi connectivity index (χ0n) is 34.4. The third kappa shape index (κ3) is 18.9. The monoisotopic (exact) mass is 890 g/mol. The van der Waals surface area contributed by atoms with Gasteiger partial charge in [-0.1, -0.05) is 67.4 Å². The molecule has 0 aromatic heterocycles. The first-order valence-corrected chi connectivity index (χ1v) is 16.5. The molecule has 0 saturated carbocycles. The standard InChI is InChI=1S/C19H22O7.C16H18O6.3CO2.4Na/c1-5-10-9(3)14(17(20)23-4)12(24-10)7-8-13-16-15(11(6-2)25-13)18(21)26-19(16)22;1-3-9-7-12(16(19)20)14(21-9)6-5-10-8-11(15(17)18)13(4-2)22-10;3*2-1-3;;;;/h5-16H,1-2H2,3-4H3;3-14H,1-2H2,(H,17,18)(H,19,20);;;;;;;/q;-2;;;;4*+1/p-2/b8-7-;6-5-;;;;;;;. The number of aliphatic carboxylic acids is 2. The van der Waals surface area contributed by atoms with Crippen molar-refractivity contribution < 1.29 is 210 Å². The fourth-order valence-electron chi connectivity index (χ4n) is 6.46. The number of hydrogen-bond donors (Lipinski definition) is 0. The van der Waals surface area contributed by atoms with Crippen LogP contribution in [-0.4, -0.2) is 104 Å². The average Bonchev–Trinajstić information content (AvgIpc) is 3.99. The maximum Gasteiger partial charge on any atom is 1.00 e. The Morgan fingerprint density at radius 2 is 0.984 bits per heavy atom. The molecule has 308 valence electrons. The summed E-state index contributed by atoms with van der Waals surface area (Å²) in [6.07, 6.45) is 11.6. The quantitative estimate of drug-likeness (QED) is 0.0612. The number of carboxylic acid groups (broad SMARTS) is 2. The maximum absolute atomic E-state index is 12.1. The van der Waals surface area contributed by atoms with Crippen LogP contribution in [0.15, 0.2) is 74.9 Å². The van der Waals surface area contributed by atoms with Gasteiger partial charge in [0.25, 0.3) is 0 Å². The van der Waals surface area contributed by atoms with E-state index in [2.05, 4.69) is 26.3 Å². The average molecular weight is 891 g/mol. The summed E-state index contributed by atoms with van der Waals surface area (Å²) in [5, 5.41) is 22.1. The number of esters is 3. The van der Waals surface area contributed by atoms with Crippen LogP contribution in [0.5, 0.6) is 0 Å². The van der Waals surface area contributed by atoms with Gasteiger partial charge in [-0.15, -0.1) is 26.3 Å². The molecule has 14 unspecified atom stereocenters. The van der Waals surface area contributed by atoms with E-state index in [1.54, 1.807) is 24.3 Å². The zero-order valence-corrected chi connectivity index (χ0v) is 42.4. The summed E-state index contributed by atoms with van der Waals surface area (Å²) >= 11 is 0. The molecule has 19 nitrogen and oxygen atoms in total. The molecule has 5 saturated heterocycles. The molecule has 14 atom stereocenters. The second-order valence-corrected chi connectivity index (χ2v) is 12.0. The molecule has 5 aliphatic heterocycles. The summed E-state index contributed by atoms with van der Waals surface area (Å²) in [6.45, 7) is 16.3. The predicted octanol–water partition coefficient (Wildman–Crippen LogP) is -14.0. The zero-order chi connectivity index (χ0) is 43.4. The molecule has 0 bridgehead atoms. The molecule has 0 N–H and O–H groups in total. The van der Waals surface area contributed by atoms with Gasteiger partial charge in [0.05, 0.1) is 49.7 Å². The smallest absolute Gasteiger partial charge is 0.553 e. The van der Waals surface area contributed by atoms with Crippen molar-refractivity contribution >= 4 is 48.3 Å². The first-order chi connectivity index (χ1) is 27.1. The fourth-order valence-corrected chi connectivity index (χ4v) is 6.46. The Morgan fingerprint density at radius 1 is 0.590 bits per heavy atom. The van der Waals surface area contributed by atoms with Crippen LogP contribution < -0.4 is 128 Å². The number of carbonyl (C=O) groups is 5. The van der Waals surface area contributed by atoms with Crippen molar-refractivity contribution in [1.29, 1.82) is 0 Å². The molecular weight excluding hydrogens is 852 g/mol. The van der Waals surface area contributed by atoms with Gasteiger partial charge in [-0.2, -0.15) is 28.8 Å². The molecular formula is C38H38Na4O19. The number of carbonyl (C=O) groups excluding carboxylic acids is 11. The van der Waals surface area contributed by atoms with Crippen LogP contribution in [0.2, 0.25) is 0 Å². The Kier molecular flexibility index (Phi) is 37.0. The molecule has 0 aliphatic carbocycles. The van der Waals surface area contributed by atoms with Gasteiger partial charge in [-0.3, -0.25) is 27.2 Å². The molecule has 0 aromatic rings.